The van der Waals surface area contributed by atoms with Gasteiger partial charge < -0.3 is 9.47 Å². The number of hydrogen-bond donors (Lipinski definition) is 1. The van der Waals surface area contributed by atoms with Crippen molar-refractivity contribution in [2.45, 2.75) is 6.92 Å². The molecular formula is C29H22N4O3. The number of fused-ring (bicyclic) bond motifs is 2. The van der Waals surface area contributed by atoms with Crippen LogP contribution < -0.4 is 14.9 Å². The summed E-state index contributed by atoms with van der Waals surface area (Å²) >= 11 is 0. The van der Waals surface area contributed by atoms with Crippen LogP contribution in [0, 0.1) is 6.92 Å². The van der Waals surface area contributed by atoms with Crippen LogP contribution in [-0.2, 0) is 0 Å². The van der Waals surface area contributed by atoms with Gasteiger partial charge in [-0.05, 0) is 71.3 Å². The summed E-state index contributed by atoms with van der Waals surface area (Å²) in [5, 5.41) is 11.0. The van der Waals surface area contributed by atoms with Crippen molar-refractivity contribution in [2.24, 2.45) is 5.10 Å². The molecule has 176 valence electrons. The Kier molecular flexibility index (Phi) is 5.42. The second-order valence-corrected chi connectivity index (χ2v) is 8.54. The Morgan fingerprint density at radius 1 is 0.917 bits per heavy atom. The van der Waals surface area contributed by atoms with Crippen molar-refractivity contribution < 1.29 is 14.3 Å². The van der Waals surface area contributed by atoms with Crippen LogP contribution in [0.15, 0.2) is 96.1 Å². The molecular weight excluding hydrogens is 452 g/mol. The van der Waals surface area contributed by atoms with Gasteiger partial charge in [0.1, 0.15) is 0 Å². The van der Waals surface area contributed by atoms with Crippen molar-refractivity contribution in [3.63, 3.8) is 0 Å². The Morgan fingerprint density at radius 3 is 2.67 bits per heavy atom. The molecule has 0 aliphatic carbocycles. The molecule has 0 radical (unpaired) electrons. The van der Waals surface area contributed by atoms with E-state index in [-0.39, 0.29) is 12.5 Å². The van der Waals surface area contributed by atoms with Crippen molar-refractivity contribution in [2.75, 3.05) is 6.79 Å². The van der Waals surface area contributed by atoms with Crippen LogP contribution in [0.5, 0.6) is 11.5 Å². The van der Waals surface area contributed by atoms with Gasteiger partial charge >= 0.3 is 0 Å². The number of rotatable bonds is 5. The molecule has 0 unspecified atom stereocenters. The highest BCUT2D eigenvalue weighted by atomic mass is 16.7. The molecule has 1 aromatic heterocycles. The Bertz CT molecular complexity index is 1640. The zero-order chi connectivity index (χ0) is 24.5. The molecule has 4 aromatic carbocycles. The summed E-state index contributed by atoms with van der Waals surface area (Å²) in [6.07, 6.45) is 1.56. The molecule has 0 fully saturated rings. The molecule has 2 heterocycles. The lowest BCUT2D eigenvalue weighted by Gasteiger charge is -2.09. The molecule has 36 heavy (non-hydrogen) atoms. The second-order valence-electron chi connectivity index (χ2n) is 8.54. The summed E-state index contributed by atoms with van der Waals surface area (Å²) in [5.41, 5.74) is 7.39. The molecule has 1 N–H and O–H groups in total. The Morgan fingerprint density at radius 2 is 1.78 bits per heavy atom. The predicted octanol–water partition coefficient (Wildman–Crippen LogP) is 5.49. The quantitative estimate of drug-likeness (QED) is 0.270. The minimum absolute atomic E-state index is 0.204. The van der Waals surface area contributed by atoms with Gasteiger partial charge in [-0.3, -0.25) is 4.79 Å². The third-order valence-corrected chi connectivity index (χ3v) is 6.01. The molecule has 5 aromatic rings. The zero-order valence-corrected chi connectivity index (χ0v) is 19.5. The lowest BCUT2D eigenvalue weighted by atomic mass is 10.0. The van der Waals surface area contributed by atoms with Crippen molar-refractivity contribution in [3.05, 3.63) is 108 Å². The van der Waals surface area contributed by atoms with Crippen LogP contribution in [0.1, 0.15) is 21.6 Å². The van der Waals surface area contributed by atoms with E-state index in [0.29, 0.717) is 11.5 Å². The van der Waals surface area contributed by atoms with E-state index in [9.17, 15) is 4.79 Å². The number of hydrazone groups is 1. The fraction of sp³-hybridized carbons (Fsp3) is 0.0690. The van der Waals surface area contributed by atoms with Crippen molar-refractivity contribution >= 4 is 22.9 Å². The lowest BCUT2D eigenvalue weighted by molar-refractivity contribution is 0.0949. The first kappa shape index (κ1) is 21.6. The van der Waals surface area contributed by atoms with E-state index < -0.39 is 5.91 Å². The van der Waals surface area contributed by atoms with E-state index in [1.54, 1.807) is 17.0 Å². The number of nitrogens with zero attached hydrogens (tertiary/aromatic N) is 3. The van der Waals surface area contributed by atoms with Crippen molar-refractivity contribution in [1.29, 1.82) is 0 Å². The van der Waals surface area contributed by atoms with Crippen molar-refractivity contribution in [3.8, 4) is 28.4 Å². The lowest BCUT2D eigenvalue weighted by Crippen LogP contribution is -2.18. The van der Waals surface area contributed by atoms with Gasteiger partial charge in [-0.15, -0.1) is 0 Å². The SMILES string of the molecule is Cc1cccc(-n2nc(C(=O)N/N=C\c3ccc4c(c3)OCO4)cc2-c2ccc3ccccc3c2)c1. The number of nitrogens with one attached hydrogen (secondary N) is 1. The molecule has 0 bridgehead atoms. The molecule has 0 spiro atoms. The first-order valence-electron chi connectivity index (χ1n) is 11.5. The smallest absolute Gasteiger partial charge is 0.291 e. The minimum Gasteiger partial charge on any atom is -0.454 e. The molecule has 7 nitrogen and oxygen atoms in total. The van der Waals surface area contributed by atoms with Crippen LogP contribution in [0.3, 0.4) is 0 Å². The fourth-order valence-corrected chi connectivity index (χ4v) is 4.22. The first-order chi connectivity index (χ1) is 17.6. The topological polar surface area (TPSA) is 77.7 Å². The van der Waals surface area contributed by atoms with E-state index >= 15 is 0 Å². The Hall–Kier alpha value is -4.91. The maximum atomic E-state index is 13.0. The third kappa shape index (κ3) is 4.18. The van der Waals surface area contributed by atoms with Crippen LogP contribution in [0.4, 0.5) is 0 Å². The van der Waals surface area contributed by atoms with E-state index in [0.717, 1.165) is 38.8 Å². The number of ether oxygens (including phenoxy) is 2. The second kappa shape index (κ2) is 9.03. The summed E-state index contributed by atoms with van der Waals surface area (Å²) in [6.45, 7) is 2.23. The predicted molar refractivity (Wildman–Crippen MR) is 139 cm³/mol. The Balaban J connectivity index is 1.32. The summed E-state index contributed by atoms with van der Waals surface area (Å²) in [4.78, 5) is 13.0. The largest absolute Gasteiger partial charge is 0.454 e. The highest BCUT2D eigenvalue weighted by molar-refractivity contribution is 5.95. The monoisotopic (exact) mass is 474 g/mol. The maximum Gasteiger partial charge on any atom is 0.291 e. The van der Waals surface area contributed by atoms with Gasteiger partial charge in [0.25, 0.3) is 5.91 Å². The number of hydrogen-bond acceptors (Lipinski definition) is 5. The fourth-order valence-electron chi connectivity index (χ4n) is 4.22. The average molecular weight is 475 g/mol. The standard InChI is InChI=1S/C29H22N4O3/c1-19-5-4-8-24(13-19)33-26(23-11-10-21-6-2-3-7-22(21)15-23)16-25(32-33)29(34)31-30-17-20-9-12-27-28(14-20)36-18-35-27/h2-17H,18H2,1H3,(H,31,34)/b30-17-. The molecule has 1 aliphatic heterocycles. The molecule has 0 atom stereocenters. The van der Waals surface area contributed by atoms with Gasteiger partial charge in [-0.1, -0.05) is 48.5 Å². The maximum absolute atomic E-state index is 13.0. The van der Waals surface area contributed by atoms with Gasteiger partial charge in [0.2, 0.25) is 6.79 Å². The molecule has 0 saturated heterocycles. The first-order valence-corrected chi connectivity index (χ1v) is 11.5. The van der Waals surface area contributed by atoms with Gasteiger partial charge in [0, 0.05) is 5.56 Å². The van der Waals surface area contributed by atoms with Gasteiger partial charge in [-0.25, -0.2) is 10.1 Å². The summed E-state index contributed by atoms with van der Waals surface area (Å²) in [6, 6.07) is 29.7. The van der Waals surface area contributed by atoms with Gasteiger partial charge in [0.15, 0.2) is 17.2 Å². The zero-order valence-electron chi connectivity index (χ0n) is 19.5. The van der Waals surface area contributed by atoms with E-state index in [4.69, 9.17) is 9.47 Å². The summed E-state index contributed by atoms with van der Waals surface area (Å²) in [7, 11) is 0. The van der Waals surface area contributed by atoms with Crippen LogP contribution in [-0.4, -0.2) is 28.7 Å². The normalized spacial score (nSPS) is 12.4. The van der Waals surface area contributed by atoms with Gasteiger partial charge in [-0.2, -0.15) is 10.2 Å². The molecule has 1 amide bonds. The van der Waals surface area contributed by atoms with E-state index in [2.05, 4.69) is 39.9 Å². The highest BCUT2D eigenvalue weighted by Gasteiger charge is 2.17. The minimum atomic E-state index is -0.402. The molecule has 6 rings (SSSR count). The van der Waals surface area contributed by atoms with Crippen LogP contribution >= 0.6 is 0 Å². The molecule has 0 saturated carbocycles. The summed E-state index contributed by atoms with van der Waals surface area (Å²) in [5.74, 6) is 0.946. The van der Waals surface area contributed by atoms with E-state index in [1.807, 2.05) is 67.6 Å². The molecule has 7 heteroatoms. The van der Waals surface area contributed by atoms with Crippen LogP contribution in [0.2, 0.25) is 0 Å². The Labute approximate surface area is 207 Å². The van der Waals surface area contributed by atoms with Gasteiger partial charge in [0.05, 0.1) is 17.6 Å². The third-order valence-electron chi connectivity index (χ3n) is 6.01. The number of aromatic nitrogens is 2. The summed E-state index contributed by atoms with van der Waals surface area (Å²) < 4.78 is 12.5. The van der Waals surface area contributed by atoms with E-state index in [1.165, 1.54) is 0 Å². The highest BCUT2D eigenvalue weighted by Crippen LogP contribution is 2.32. The number of carbonyl (C=O) groups excluding carboxylic acids is 1. The molecule has 1 aliphatic rings. The number of benzene rings is 4. The number of carbonyl (C=O) groups is 1. The average Bonchev–Trinajstić information content (AvgIpc) is 3.56. The van der Waals surface area contributed by atoms with Crippen LogP contribution in [0.25, 0.3) is 27.7 Å². The number of amides is 1. The number of aryl methyl sites for hydroxylation is 1. The van der Waals surface area contributed by atoms with Crippen molar-refractivity contribution in [1.82, 2.24) is 15.2 Å².